The predicted octanol–water partition coefficient (Wildman–Crippen LogP) is 5.43. The molecule has 0 saturated carbocycles. The number of benzene rings is 1. The summed E-state index contributed by atoms with van der Waals surface area (Å²) in [4.78, 5) is 0. The van der Waals surface area contributed by atoms with Crippen molar-refractivity contribution in [3.8, 4) is 5.75 Å². The Kier molecular flexibility index (Phi) is 5.90. The van der Waals surface area contributed by atoms with E-state index >= 15 is 0 Å². The first-order valence-electron chi connectivity index (χ1n) is 8.75. The van der Waals surface area contributed by atoms with Gasteiger partial charge in [-0.1, -0.05) is 13.8 Å². The van der Waals surface area contributed by atoms with Crippen LogP contribution in [0.1, 0.15) is 58.6 Å². The highest BCUT2D eigenvalue weighted by atomic mass is 32.2. The Hall–Kier alpha value is -1.70. The maximum absolute atomic E-state index is 12.8. The summed E-state index contributed by atoms with van der Waals surface area (Å²) in [5.74, 6) is 0.522. The van der Waals surface area contributed by atoms with Crippen LogP contribution in [0.25, 0.3) is 5.76 Å². The van der Waals surface area contributed by atoms with Crippen molar-refractivity contribution in [2.45, 2.75) is 65.0 Å². The summed E-state index contributed by atoms with van der Waals surface area (Å²) in [5.41, 5.74) is -4.26. The normalized spacial score (nSPS) is 15.7. The van der Waals surface area contributed by atoms with Gasteiger partial charge in [0, 0.05) is 5.56 Å². The van der Waals surface area contributed by atoms with Gasteiger partial charge in [0.1, 0.15) is 17.1 Å². The molecular formula is C19H25F3O4S. The Morgan fingerprint density at radius 2 is 1.74 bits per heavy atom. The minimum Gasteiger partial charge on any atom is -0.488 e. The molecule has 0 aromatic heterocycles. The van der Waals surface area contributed by atoms with Crippen molar-refractivity contribution in [2.24, 2.45) is 5.92 Å². The minimum absolute atomic E-state index is 0.150. The Bertz CT molecular complexity index is 831. The van der Waals surface area contributed by atoms with Crippen LogP contribution in [0.4, 0.5) is 13.2 Å². The van der Waals surface area contributed by atoms with Crippen LogP contribution in [0, 0.1) is 5.92 Å². The Morgan fingerprint density at radius 1 is 1.11 bits per heavy atom. The molecule has 27 heavy (non-hydrogen) atoms. The van der Waals surface area contributed by atoms with Crippen LogP contribution in [0.5, 0.6) is 5.75 Å². The van der Waals surface area contributed by atoms with Gasteiger partial charge in [0.25, 0.3) is 0 Å². The highest BCUT2D eigenvalue weighted by Crippen LogP contribution is 2.40. The number of rotatable bonds is 5. The molecule has 1 aliphatic carbocycles. The molecule has 0 atom stereocenters. The summed E-state index contributed by atoms with van der Waals surface area (Å²) in [6.07, 6.45) is 1.48. The summed E-state index contributed by atoms with van der Waals surface area (Å²) in [5, 5.41) is 0. The third kappa shape index (κ3) is 5.40. The van der Waals surface area contributed by atoms with Gasteiger partial charge < -0.3 is 8.92 Å². The summed E-state index contributed by atoms with van der Waals surface area (Å²) in [6, 6.07) is 4.92. The molecule has 152 valence electrons. The summed E-state index contributed by atoms with van der Waals surface area (Å²) in [6.45, 7) is 9.49. The first-order chi connectivity index (χ1) is 12.2. The standard InChI is InChI=1S/C19H25F3O4S/c1-12(2)10-14-7-6-13-11-15(25-18(3,4)5)8-9-16(13)17(14)26-27(23,24)19(20,21)22/h8-9,11-12H,6-7,10H2,1-5H3. The van der Waals surface area contributed by atoms with Crippen LogP contribution in [-0.4, -0.2) is 19.5 Å². The van der Waals surface area contributed by atoms with Gasteiger partial charge in [-0.25, -0.2) is 0 Å². The van der Waals surface area contributed by atoms with E-state index in [1.54, 1.807) is 18.2 Å². The lowest BCUT2D eigenvalue weighted by molar-refractivity contribution is -0.0509. The molecule has 0 N–H and O–H groups in total. The minimum atomic E-state index is -5.74. The molecule has 0 amide bonds. The second kappa shape index (κ2) is 7.37. The van der Waals surface area contributed by atoms with Crippen LogP contribution in [0.15, 0.2) is 23.8 Å². The second-order valence-corrected chi connectivity index (χ2v) is 9.59. The van der Waals surface area contributed by atoms with Gasteiger partial charge in [0.05, 0.1) is 0 Å². The molecule has 1 aromatic carbocycles. The van der Waals surface area contributed by atoms with Crippen molar-refractivity contribution in [3.63, 3.8) is 0 Å². The van der Waals surface area contributed by atoms with E-state index in [-0.39, 0.29) is 11.7 Å². The topological polar surface area (TPSA) is 52.6 Å². The molecule has 0 radical (unpaired) electrons. The van der Waals surface area contributed by atoms with Gasteiger partial charge in [-0.15, -0.1) is 0 Å². The molecule has 0 heterocycles. The van der Waals surface area contributed by atoms with Gasteiger partial charge in [-0.05, 0) is 75.3 Å². The average Bonchev–Trinajstić information content (AvgIpc) is 2.46. The van der Waals surface area contributed by atoms with Gasteiger partial charge in [0.2, 0.25) is 0 Å². The molecule has 4 nitrogen and oxygen atoms in total. The highest BCUT2D eigenvalue weighted by Gasteiger charge is 2.49. The van der Waals surface area contributed by atoms with Crippen LogP contribution < -0.4 is 4.74 Å². The van der Waals surface area contributed by atoms with Crippen LogP contribution in [-0.2, 0) is 20.7 Å². The van der Waals surface area contributed by atoms with Gasteiger partial charge in [-0.2, -0.15) is 21.6 Å². The molecule has 1 aliphatic rings. The molecule has 0 fully saturated rings. The van der Waals surface area contributed by atoms with Crippen molar-refractivity contribution in [1.29, 1.82) is 0 Å². The number of hydrogen-bond donors (Lipinski definition) is 0. The van der Waals surface area contributed by atoms with Crippen molar-refractivity contribution < 1.29 is 30.5 Å². The highest BCUT2D eigenvalue weighted by molar-refractivity contribution is 7.87. The first-order valence-corrected chi connectivity index (χ1v) is 10.2. The van der Waals surface area contributed by atoms with E-state index in [0.29, 0.717) is 41.7 Å². The smallest absolute Gasteiger partial charge is 0.488 e. The molecule has 0 bridgehead atoms. The van der Waals surface area contributed by atoms with Crippen molar-refractivity contribution >= 4 is 15.9 Å². The maximum atomic E-state index is 12.8. The van der Waals surface area contributed by atoms with Crippen molar-refractivity contribution in [3.05, 3.63) is 34.9 Å². The fourth-order valence-electron chi connectivity index (χ4n) is 2.95. The Balaban J connectivity index is 2.50. The van der Waals surface area contributed by atoms with E-state index < -0.39 is 21.2 Å². The molecule has 2 rings (SSSR count). The lowest BCUT2D eigenvalue weighted by Gasteiger charge is -2.26. The van der Waals surface area contributed by atoms with E-state index in [1.807, 2.05) is 34.6 Å². The van der Waals surface area contributed by atoms with Gasteiger partial charge >= 0.3 is 15.6 Å². The predicted molar refractivity (Wildman–Crippen MR) is 97.6 cm³/mol. The third-order valence-corrected chi connectivity index (χ3v) is 4.85. The lowest BCUT2D eigenvalue weighted by Crippen LogP contribution is -2.26. The molecule has 0 aliphatic heterocycles. The van der Waals surface area contributed by atoms with E-state index in [4.69, 9.17) is 4.74 Å². The number of ether oxygens (including phenoxy) is 1. The zero-order valence-electron chi connectivity index (χ0n) is 16.1. The zero-order chi connectivity index (χ0) is 20.6. The molecular weight excluding hydrogens is 381 g/mol. The molecule has 8 heteroatoms. The van der Waals surface area contributed by atoms with E-state index in [2.05, 4.69) is 4.18 Å². The summed E-state index contributed by atoms with van der Waals surface area (Å²) in [7, 11) is -5.74. The fraction of sp³-hybridized carbons (Fsp3) is 0.579. The van der Waals surface area contributed by atoms with E-state index in [9.17, 15) is 21.6 Å². The van der Waals surface area contributed by atoms with E-state index in [0.717, 1.165) is 0 Å². The Labute approximate surface area is 158 Å². The third-order valence-electron chi connectivity index (χ3n) is 3.89. The van der Waals surface area contributed by atoms with Crippen molar-refractivity contribution in [2.75, 3.05) is 0 Å². The number of alkyl halides is 3. The maximum Gasteiger partial charge on any atom is 0.534 e. The fourth-order valence-corrected chi connectivity index (χ4v) is 3.47. The van der Waals surface area contributed by atoms with Crippen LogP contribution in [0.3, 0.4) is 0 Å². The number of fused-ring (bicyclic) bond motifs is 1. The monoisotopic (exact) mass is 406 g/mol. The molecule has 0 unspecified atom stereocenters. The van der Waals surface area contributed by atoms with Crippen LogP contribution >= 0.6 is 0 Å². The summed E-state index contributed by atoms with van der Waals surface area (Å²) < 4.78 is 72.2. The van der Waals surface area contributed by atoms with Gasteiger partial charge in [0.15, 0.2) is 0 Å². The molecule has 0 saturated heterocycles. The Morgan fingerprint density at radius 3 is 2.26 bits per heavy atom. The van der Waals surface area contributed by atoms with Crippen LogP contribution in [0.2, 0.25) is 0 Å². The SMILES string of the molecule is CC(C)CC1=C(OS(=O)(=O)C(F)(F)F)c2ccc(OC(C)(C)C)cc2CC1. The largest absolute Gasteiger partial charge is 0.534 e. The van der Waals surface area contributed by atoms with Crippen molar-refractivity contribution in [1.82, 2.24) is 0 Å². The number of allylic oxidation sites excluding steroid dienone is 1. The first kappa shape index (κ1) is 21.6. The zero-order valence-corrected chi connectivity index (χ0v) is 16.9. The summed E-state index contributed by atoms with van der Waals surface area (Å²) >= 11 is 0. The number of halogens is 3. The lowest BCUT2D eigenvalue weighted by atomic mass is 9.86. The van der Waals surface area contributed by atoms with E-state index in [1.165, 1.54) is 0 Å². The second-order valence-electron chi connectivity index (χ2n) is 8.05. The number of aryl methyl sites for hydroxylation is 1. The molecule has 1 aromatic rings. The van der Waals surface area contributed by atoms with Gasteiger partial charge in [-0.3, -0.25) is 0 Å². The quantitative estimate of drug-likeness (QED) is 0.483. The average molecular weight is 406 g/mol. The number of hydrogen-bond acceptors (Lipinski definition) is 4. The molecule has 0 spiro atoms.